The molecule has 0 aliphatic heterocycles. The maximum Gasteiger partial charge on any atom is 0.322 e. The Balaban J connectivity index is 0. The highest BCUT2D eigenvalue weighted by molar-refractivity contribution is 5.85. The number of ether oxygens (including phenoxy) is 1. The summed E-state index contributed by atoms with van der Waals surface area (Å²) in [6.07, 6.45) is 0.638. The molecule has 1 unspecified atom stereocenters. The van der Waals surface area contributed by atoms with Gasteiger partial charge in [0.2, 0.25) is 0 Å². The number of rotatable bonds is 3. The van der Waals surface area contributed by atoms with Gasteiger partial charge in [-0.3, -0.25) is 4.79 Å². The van der Waals surface area contributed by atoms with E-state index in [1.54, 1.807) is 6.92 Å². The van der Waals surface area contributed by atoms with E-state index in [1.165, 1.54) is 0 Å². The van der Waals surface area contributed by atoms with Gasteiger partial charge in [0.15, 0.2) is 0 Å². The van der Waals surface area contributed by atoms with Crippen LogP contribution in [0.1, 0.15) is 20.3 Å². The van der Waals surface area contributed by atoms with Crippen molar-refractivity contribution in [3.63, 3.8) is 0 Å². The van der Waals surface area contributed by atoms with E-state index in [1.807, 2.05) is 6.92 Å². The SMILES string of the molecule is CCOC(=O)C(N)CC.Cl. The van der Waals surface area contributed by atoms with Gasteiger partial charge in [-0.25, -0.2) is 0 Å². The van der Waals surface area contributed by atoms with E-state index in [2.05, 4.69) is 4.74 Å². The molecule has 62 valence electrons. The van der Waals surface area contributed by atoms with E-state index in [-0.39, 0.29) is 18.4 Å². The van der Waals surface area contributed by atoms with Gasteiger partial charge < -0.3 is 10.5 Å². The smallest absolute Gasteiger partial charge is 0.322 e. The standard InChI is InChI=1S/C6H13NO2.ClH/c1-3-5(7)6(8)9-4-2;/h5H,3-4,7H2,1-2H3;1H. The Morgan fingerprint density at radius 3 is 2.40 bits per heavy atom. The Labute approximate surface area is 67.3 Å². The van der Waals surface area contributed by atoms with Crippen molar-refractivity contribution in [3.05, 3.63) is 0 Å². The second kappa shape index (κ2) is 6.83. The Morgan fingerprint density at radius 1 is 1.60 bits per heavy atom. The van der Waals surface area contributed by atoms with Crippen LogP contribution < -0.4 is 5.73 Å². The minimum atomic E-state index is -0.440. The van der Waals surface area contributed by atoms with Crippen molar-refractivity contribution >= 4 is 18.4 Å². The highest BCUT2D eigenvalue weighted by atomic mass is 35.5. The van der Waals surface area contributed by atoms with Crippen LogP contribution in [0.25, 0.3) is 0 Å². The predicted octanol–water partition coefficient (Wildman–Crippen LogP) is 0.709. The molecule has 0 aliphatic carbocycles. The molecule has 0 radical (unpaired) electrons. The van der Waals surface area contributed by atoms with E-state index >= 15 is 0 Å². The number of carbonyl (C=O) groups is 1. The van der Waals surface area contributed by atoms with E-state index in [9.17, 15) is 4.79 Å². The second-order valence-corrected chi connectivity index (χ2v) is 1.77. The van der Waals surface area contributed by atoms with Crippen molar-refractivity contribution in [3.8, 4) is 0 Å². The minimum Gasteiger partial charge on any atom is -0.465 e. The van der Waals surface area contributed by atoms with Gasteiger partial charge in [-0.2, -0.15) is 0 Å². The average Bonchev–Trinajstić information content (AvgIpc) is 1.87. The maximum atomic E-state index is 10.6. The monoisotopic (exact) mass is 167 g/mol. The van der Waals surface area contributed by atoms with Gasteiger partial charge in [-0.05, 0) is 13.3 Å². The molecule has 0 heterocycles. The zero-order valence-electron chi connectivity index (χ0n) is 6.29. The van der Waals surface area contributed by atoms with Crippen molar-refractivity contribution in [1.29, 1.82) is 0 Å². The van der Waals surface area contributed by atoms with Crippen LogP contribution in [0.4, 0.5) is 0 Å². The molecule has 1 atom stereocenters. The first kappa shape index (κ1) is 12.4. The lowest BCUT2D eigenvalue weighted by molar-refractivity contribution is -0.144. The van der Waals surface area contributed by atoms with Gasteiger partial charge in [0.25, 0.3) is 0 Å². The van der Waals surface area contributed by atoms with E-state index < -0.39 is 6.04 Å². The third-order valence-corrected chi connectivity index (χ3v) is 1.03. The number of hydrogen-bond acceptors (Lipinski definition) is 3. The molecule has 4 heteroatoms. The van der Waals surface area contributed by atoms with Crippen LogP contribution in [0.15, 0.2) is 0 Å². The lowest BCUT2D eigenvalue weighted by Gasteiger charge is -2.05. The van der Waals surface area contributed by atoms with Crippen LogP contribution in [-0.4, -0.2) is 18.6 Å². The van der Waals surface area contributed by atoms with E-state index in [0.29, 0.717) is 13.0 Å². The summed E-state index contributed by atoms with van der Waals surface area (Å²) in [7, 11) is 0. The molecule has 3 nitrogen and oxygen atoms in total. The number of esters is 1. The number of carbonyl (C=O) groups excluding carboxylic acids is 1. The Morgan fingerprint density at radius 2 is 2.10 bits per heavy atom. The van der Waals surface area contributed by atoms with Crippen LogP contribution in [0.3, 0.4) is 0 Å². The fourth-order valence-electron chi connectivity index (χ4n) is 0.416. The number of hydrogen-bond donors (Lipinski definition) is 1. The van der Waals surface area contributed by atoms with Crippen LogP contribution >= 0.6 is 12.4 Å². The van der Waals surface area contributed by atoms with Gasteiger partial charge in [0, 0.05) is 0 Å². The quantitative estimate of drug-likeness (QED) is 0.630. The average molecular weight is 168 g/mol. The molecule has 0 amide bonds. The summed E-state index contributed by atoms with van der Waals surface area (Å²) < 4.78 is 4.63. The summed E-state index contributed by atoms with van der Waals surface area (Å²) >= 11 is 0. The highest BCUT2D eigenvalue weighted by Crippen LogP contribution is 1.89. The van der Waals surface area contributed by atoms with Crippen molar-refractivity contribution < 1.29 is 9.53 Å². The number of nitrogens with two attached hydrogens (primary N) is 1. The summed E-state index contributed by atoms with van der Waals surface area (Å²) in [6, 6.07) is -0.440. The second-order valence-electron chi connectivity index (χ2n) is 1.77. The van der Waals surface area contributed by atoms with Crippen LogP contribution in [-0.2, 0) is 9.53 Å². The van der Waals surface area contributed by atoms with Crippen LogP contribution in [0, 0.1) is 0 Å². The largest absolute Gasteiger partial charge is 0.465 e. The first-order valence-corrected chi connectivity index (χ1v) is 3.14. The number of halogens is 1. The molecule has 0 saturated heterocycles. The van der Waals surface area contributed by atoms with Crippen molar-refractivity contribution in [2.24, 2.45) is 5.73 Å². The normalized spacial score (nSPS) is 11.5. The molecule has 0 fully saturated rings. The Hall–Kier alpha value is -0.280. The fourth-order valence-corrected chi connectivity index (χ4v) is 0.416. The van der Waals surface area contributed by atoms with E-state index in [0.717, 1.165) is 0 Å². The summed E-state index contributed by atoms with van der Waals surface area (Å²) in [5, 5.41) is 0. The topological polar surface area (TPSA) is 52.3 Å². The van der Waals surface area contributed by atoms with Gasteiger partial charge in [-0.15, -0.1) is 12.4 Å². The molecule has 0 aromatic carbocycles. The molecular weight excluding hydrogens is 154 g/mol. The zero-order valence-corrected chi connectivity index (χ0v) is 7.11. The molecule has 10 heavy (non-hydrogen) atoms. The molecule has 0 spiro atoms. The molecule has 0 aromatic rings. The zero-order chi connectivity index (χ0) is 7.28. The van der Waals surface area contributed by atoms with Crippen LogP contribution in [0.5, 0.6) is 0 Å². The van der Waals surface area contributed by atoms with Crippen molar-refractivity contribution in [2.75, 3.05) is 6.61 Å². The molecule has 2 N–H and O–H groups in total. The molecule has 0 rings (SSSR count). The van der Waals surface area contributed by atoms with Gasteiger partial charge in [0.1, 0.15) is 6.04 Å². The van der Waals surface area contributed by atoms with Crippen molar-refractivity contribution in [1.82, 2.24) is 0 Å². The third-order valence-electron chi connectivity index (χ3n) is 1.03. The summed E-state index contributed by atoms with van der Waals surface area (Å²) in [5.41, 5.74) is 5.33. The predicted molar refractivity (Wildman–Crippen MR) is 42.1 cm³/mol. The Kier molecular flexibility index (Phi) is 8.48. The molecule has 0 aromatic heterocycles. The van der Waals surface area contributed by atoms with Crippen LogP contribution in [0.2, 0.25) is 0 Å². The summed E-state index contributed by atoms with van der Waals surface area (Å²) in [6.45, 7) is 4.02. The minimum absolute atomic E-state index is 0. The van der Waals surface area contributed by atoms with Gasteiger partial charge in [-0.1, -0.05) is 6.92 Å². The molecule has 0 aliphatic rings. The summed E-state index contributed by atoms with van der Waals surface area (Å²) in [4.78, 5) is 10.6. The maximum absolute atomic E-state index is 10.6. The van der Waals surface area contributed by atoms with Gasteiger partial charge in [0.05, 0.1) is 6.61 Å². The first-order chi connectivity index (χ1) is 4.22. The first-order valence-electron chi connectivity index (χ1n) is 3.14. The fraction of sp³-hybridized carbons (Fsp3) is 0.833. The molecule has 0 saturated carbocycles. The lowest BCUT2D eigenvalue weighted by Crippen LogP contribution is -2.31. The lowest BCUT2D eigenvalue weighted by atomic mass is 10.2. The van der Waals surface area contributed by atoms with Crippen molar-refractivity contribution in [2.45, 2.75) is 26.3 Å². The highest BCUT2D eigenvalue weighted by Gasteiger charge is 2.10. The third kappa shape index (κ3) is 4.58. The Bertz CT molecular complexity index is 97.7. The molecular formula is C6H14ClNO2. The summed E-state index contributed by atoms with van der Waals surface area (Å²) in [5.74, 6) is -0.306. The van der Waals surface area contributed by atoms with E-state index in [4.69, 9.17) is 5.73 Å². The van der Waals surface area contributed by atoms with Gasteiger partial charge >= 0.3 is 5.97 Å². The molecule has 0 bridgehead atoms.